The largest absolute Gasteiger partial charge is 0.355 e. The van der Waals surface area contributed by atoms with Crippen LogP contribution >= 0.6 is 0 Å². The van der Waals surface area contributed by atoms with Crippen LogP contribution in [-0.4, -0.2) is 20.7 Å². The Balaban J connectivity index is 1.14. The van der Waals surface area contributed by atoms with Crippen molar-refractivity contribution in [3.05, 3.63) is 121 Å². The molecule has 6 nitrogen and oxygen atoms in total. The average Bonchev–Trinajstić information content (AvgIpc) is 3.52. The number of carbonyl (C=O) groups is 1. The summed E-state index contributed by atoms with van der Waals surface area (Å²) in [6, 6.07) is 34.1. The maximum atomic E-state index is 12.7. The van der Waals surface area contributed by atoms with Gasteiger partial charge in [0, 0.05) is 34.2 Å². The number of anilines is 3. The fraction of sp³-hybridized carbons (Fsp3) is 0.0323. The number of aromatic nitrogens is 3. The third kappa shape index (κ3) is 4.99. The molecule has 0 atom stereocenters. The summed E-state index contributed by atoms with van der Waals surface area (Å²) < 4.78 is 1.95. The molecule has 0 saturated heterocycles. The summed E-state index contributed by atoms with van der Waals surface area (Å²) in [5.41, 5.74) is 6.56. The first-order chi connectivity index (χ1) is 18.2. The van der Waals surface area contributed by atoms with Gasteiger partial charge in [-0.25, -0.2) is 0 Å². The maximum Gasteiger partial charge on any atom is 0.244 e. The minimum atomic E-state index is -0.0755. The molecule has 0 unspecified atom stereocenters. The quantitative estimate of drug-likeness (QED) is 0.227. The van der Waals surface area contributed by atoms with E-state index in [4.69, 9.17) is 0 Å². The van der Waals surface area contributed by atoms with Gasteiger partial charge in [-0.05, 0) is 65.6 Å². The first-order valence-corrected chi connectivity index (χ1v) is 12.1. The lowest BCUT2D eigenvalue weighted by Crippen LogP contribution is -2.18. The lowest BCUT2D eigenvalue weighted by Gasteiger charge is -2.11. The van der Waals surface area contributed by atoms with E-state index in [1.54, 1.807) is 0 Å². The Labute approximate surface area is 214 Å². The van der Waals surface area contributed by atoms with Crippen LogP contribution in [0.3, 0.4) is 0 Å². The van der Waals surface area contributed by atoms with Gasteiger partial charge >= 0.3 is 0 Å². The van der Waals surface area contributed by atoms with Crippen molar-refractivity contribution in [2.75, 3.05) is 10.6 Å². The molecule has 37 heavy (non-hydrogen) atoms. The van der Waals surface area contributed by atoms with Crippen molar-refractivity contribution in [3.63, 3.8) is 0 Å². The zero-order valence-corrected chi connectivity index (χ0v) is 20.1. The smallest absolute Gasteiger partial charge is 0.244 e. The molecule has 0 aliphatic rings. The van der Waals surface area contributed by atoms with Crippen molar-refractivity contribution in [1.29, 1.82) is 0 Å². The van der Waals surface area contributed by atoms with Crippen LogP contribution in [0.1, 0.15) is 11.3 Å². The predicted molar refractivity (Wildman–Crippen MR) is 152 cm³/mol. The van der Waals surface area contributed by atoms with Crippen molar-refractivity contribution >= 4 is 56.9 Å². The summed E-state index contributed by atoms with van der Waals surface area (Å²) in [5, 5.41) is 16.2. The molecule has 4 aromatic carbocycles. The molecular formula is C31H25N5O. The Kier molecular flexibility index (Phi) is 5.97. The summed E-state index contributed by atoms with van der Waals surface area (Å²) in [6.07, 6.45) is 6.01. The van der Waals surface area contributed by atoms with Crippen LogP contribution in [0.5, 0.6) is 0 Å². The molecule has 6 heteroatoms. The molecular weight excluding hydrogens is 458 g/mol. The summed E-state index contributed by atoms with van der Waals surface area (Å²) >= 11 is 0. The molecule has 6 aromatic rings. The van der Waals surface area contributed by atoms with E-state index in [-0.39, 0.29) is 12.5 Å². The number of hydrogen-bond acceptors (Lipinski definition) is 3. The number of benzene rings is 4. The van der Waals surface area contributed by atoms with Gasteiger partial charge in [0.15, 0.2) is 0 Å². The molecule has 6 rings (SSSR count). The topological polar surface area (TPSA) is 74.7 Å². The third-order valence-electron chi connectivity index (χ3n) is 6.25. The second-order valence-corrected chi connectivity index (χ2v) is 8.87. The molecule has 0 aliphatic carbocycles. The Bertz CT molecular complexity index is 1730. The summed E-state index contributed by atoms with van der Waals surface area (Å²) in [4.78, 5) is 12.7. The van der Waals surface area contributed by atoms with Gasteiger partial charge in [-0.2, -0.15) is 5.10 Å². The van der Waals surface area contributed by atoms with E-state index >= 15 is 0 Å². The van der Waals surface area contributed by atoms with Gasteiger partial charge in [-0.1, -0.05) is 60.7 Å². The van der Waals surface area contributed by atoms with Gasteiger partial charge in [-0.3, -0.25) is 9.89 Å². The standard InChI is InChI=1S/C31H25N5O/c37-31(21-36-18-17-23-9-4-5-12-30(23)36)33-25-11-6-10-24(19-25)32-26-14-15-27-28(34-35-29(27)20-26)16-13-22-7-2-1-3-8-22/h1-20,32H,21H2,(H,33,37)(H,34,35)/b16-13+. The molecule has 0 aliphatic heterocycles. The van der Waals surface area contributed by atoms with Crippen molar-refractivity contribution in [2.45, 2.75) is 6.54 Å². The van der Waals surface area contributed by atoms with Crippen molar-refractivity contribution < 1.29 is 4.79 Å². The number of rotatable bonds is 7. The minimum absolute atomic E-state index is 0.0755. The van der Waals surface area contributed by atoms with Gasteiger partial charge in [-0.15, -0.1) is 0 Å². The Hall–Kier alpha value is -5.10. The molecule has 2 aromatic heterocycles. The molecule has 3 N–H and O–H groups in total. The molecule has 2 heterocycles. The number of nitrogens with one attached hydrogen (secondary N) is 3. The van der Waals surface area contributed by atoms with E-state index < -0.39 is 0 Å². The van der Waals surface area contributed by atoms with Crippen LogP contribution in [0.4, 0.5) is 17.1 Å². The SMILES string of the molecule is O=C(Cn1ccc2ccccc21)Nc1cccc(Nc2ccc3c(/C=C/c4ccccc4)n[nH]c3c2)c1. The number of nitrogens with zero attached hydrogens (tertiary/aromatic N) is 2. The predicted octanol–water partition coefficient (Wildman–Crippen LogP) is 7.07. The van der Waals surface area contributed by atoms with E-state index in [2.05, 4.69) is 45.1 Å². The van der Waals surface area contributed by atoms with E-state index in [0.29, 0.717) is 0 Å². The van der Waals surface area contributed by atoms with E-state index in [1.807, 2.05) is 102 Å². The molecule has 0 spiro atoms. The fourth-order valence-corrected chi connectivity index (χ4v) is 4.46. The zero-order chi connectivity index (χ0) is 25.0. The van der Waals surface area contributed by atoms with Crippen LogP contribution in [-0.2, 0) is 11.3 Å². The molecule has 0 fully saturated rings. The van der Waals surface area contributed by atoms with E-state index in [9.17, 15) is 4.79 Å². The van der Waals surface area contributed by atoms with Gasteiger partial charge in [0.2, 0.25) is 5.91 Å². The summed E-state index contributed by atoms with van der Waals surface area (Å²) in [7, 11) is 0. The monoisotopic (exact) mass is 483 g/mol. The Morgan fingerprint density at radius 2 is 1.62 bits per heavy atom. The average molecular weight is 484 g/mol. The number of fused-ring (bicyclic) bond motifs is 2. The number of aromatic amines is 1. The first kappa shape index (κ1) is 22.4. The summed E-state index contributed by atoms with van der Waals surface area (Å²) in [5.74, 6) is -0.0755. The zero-order valence-electron chi connectivity index (χ0n) is 20.1. The van der Waals surface area contributed by atoms with Gasteiger partial charge in [0.05, 0.1) is 11.2 Å². The van der Waals surface area contributed by atoms with Gasteiger partial charge in [0.25, 0.3) is 0 Å². The van der Waals surface area contributed by atoms with Crippen LogP contribution < -0.4 is 10.6 Å². The Morgan fingerprint density at radius 1 is 0.811 bits per heavy atom. The number of carbonyl (C=O) groups excluding carboxylic acids is 1. The van der Waals surface area contributed by atoms with Gasteiger partial charge in [0.1, 0.15) is 6.54 Å². The van der Waals surface area contributed by atoms with E-state index in [0.717, 1.165) is 50.1 Å². The highest BCUT2D eigenvalue weighted by Gasteiger charge is 2.08. The van der Waals surface area contributed by atoms with Crippen molar-refractivity contribution in [1.82, 2.24) is 14.8 Å². The van der Waals surface area contributed by atoms with E-state index in [1.165, 1.54) is 0 Å². The number of amides is 1. The molecule has 0 radical (unpaired) electrons. The second-order valence-electron chi connectivity index (χ2n) is 8.87. The molecule has 180 valence electrons. The normalized spacial score (nSPS) is 11.4. The van der Waals surface area contributed by atoms with Crippen LogP contribution in [0.15, 0.2) is 109 Å². The maximum absolute atomic E-state index is 12.7. The highest BCUT2D eigenvalue weighted by molar-refractivity contribution is 5.93. The number of para-hydroxylation sites is 1. The van der Waals surface area contributed by atoms with Crippen molar-refractivity contribution in [2.24, 2.45) is 0 Å². The van der Waals surface area contributed by atoms with Crippen LogP contribution in [0.2, 0.25) is 0 Å². The number of hydrogen-bond donors (Lipinski definition) is 3. The Morgan fingerprint density at radius 3 is 2.54 bits per heavy atom. The molecule has 1 amide bonds. The summed E-state index contributed by atoms with van der Waals surface area (Å²) in [6.45, 7) is 0.253. The highest BCUT2D eigenvalue weighted by Crippen LogP contribution is 2.25. The second kappa shape index (κ2) is 9.87. The minimum Gasteiger partial charge on any atom is -0.355 e. The fourth-order valence-electron chi connectivity index (χ4n) is 4.46. The van der Waals surface area contributed by atoms with Gasteiger partial charge < -0.3 is 15.2 Å². The van der Waals surface area contributed by atoms with Crippen LogP contribution in [0.25, 0.3) is 34.0 Å². The molecule has 0 bridgehead atoms. The highest BCUT2D eigenvalue weighted by atomic mass is 16.1. The lowest BCUT2D eigenvalue weighted by molar-refractivity contribution is -0.116. The molecule has 0 saturated carbocycles. The van der Waals surface area contributed by atoms with Crippen LogP contribution in [0, 0.1) is 0 Å². The van der Waals surface area contributed by atoms with Crippen molar-refractivity contribution in [3.8, 4) is 0 Å². The lowest BCUT2D eigenvalue weighted by atomic mass is 10.1. The third-order valence-corrected chi connectivity index (χ3v) is 6.25. The first-order valence-electron chi connectivity index (χ1n) is 12.1. The number of H-pyrrole nitrogens is 1.